The highest BCUT2D eigenvalue weighted by Gasteiger charge is 2.56. The van der Waals surface area contributed by atoms with Crippen LogP contribution in [-0.2, 0) is 22.6 Å². The number of carbonyl (C=O) groups is 1. The number of amides is 1. The molecule has 0 saturated heterocycles. The molecule has 3 aromatic rings. The zero-order valence-corrected chi connectivity index (χ0v) is 22.5. The first-order valence-electron chi connectivity index (χ1n) is 12.8. The number of hydrogen-bond acceptors (Lipinski definition) is 6. The molecular weight excluding hydrogens is 521 g/mol. The number of pyridine rings is 1. The fourth-order valence-electron chi connectivity index (χ4n) is 4.98. The number of rotatable bonds is 9. The minimum Gasteiger partial charge on any atom is -0.396 e. The van der Waals surface area contributed by atoms with E-state index in [0.717, 1.165) is 12.8 Å². The molecule has 1 aliphatic carbocycles. The van der Waals surface area contributed by atoms with Crippen LogP contribution in [0.4, 0.5) is 4.39 Å². The molecule has 1 aromatic heterocycles. The maximum Gasteiger partial charge on any atom is 0.257 e. The monoisotopic (exact) mass is 549 g/mol. The average molecular weight is 550 g/mol. The molecule has 1 amide bonds. The molecular formula is C30H29ClFN3O4. The second kappa shape index (κ2) is 10.00. The number of hydrogen-bond donors (Lipinski definition) is 2. The van der Waals surface area contributed by atoms with Gasteiger partial charge in [-0.25, -0.2) is 4.39 Å². The molecule has 1 aliphatic heterocycles. The minimum absolute atomic E-state index is 0.0351. The molecule has 2 atom stereocenters. The maximum atomic E-state index is 16.3. The normalized spacial score (nSPS) is 20.8. The molecule has 2 aliphatic rings. The molecule has 7 nitrogen and oxygen atoms in total. The first-order chi connectivity index (χ1) is 18.6. The largest absolute Gasteiger partial charge is 0.396 e. The fraction of sp³-hybridized carbons (Fsp3) is 0.367. The Bertz CT molecular complexity index is 1450. The summed E-state index contributed by atoms with van der Waals surface area (Å²) in [6.45, 7) is 3.30. The molecule has 1 unspecified atom stereocenters. The van der Waals surface area contributed by atoms with E-state index >= 15 is 4.39 Å². The third-order valence-corrected chi connectivity index (χ3v) is 8.24. The summed E-state index contributed by atoms with van der Waals surface area (Å²) < 4.78 is 22.9. The van der Waals surface area contributed by atoms with E-state index in [1.165, 1.54) is 23.2 Å². The molecule has 5 rings (SSSR count). The number of halogens is 2. The summed E-state index contributed by atoms with van der Waals surface area (Å²) in [7, 11) is 0. The van der Waals surface area contributed by atoms with Crippen LogP contribution in [0.3, 0.4) is 0 Å². The van der Waals surface area contributed by atoms with Gasteiger partial charge < -0.3 is 14.9 Å². The second-order valence-electron chi connectivity index (χ2n) is 10.6. The second-order valence-corrected chi connectivity index (χ2v) is 11.1. The smallest absolute Gasteiger partial charge is 0.257 e. The first kappa shape index (κ1) is 27.2. The van der Waals surface area contributed by atoms with Crippen LogP contribution in [0.15, 0.2) is 54.7 Å². The van der Waals surface area contributed by atoms with Crippen molar-refractivity contribution in [3.63, 3.8) is 0 Å². The van der Waals surface area contributed by atoms with Gasteiger partial charge in [0.25, 0.3) is 5.91 Å². The van der Waals surface area contributed by atoms with E-state index in [-0.39, 0.29) is 36.4 Å². The number of ether oxygens (including phenoxy) is 1. The number of fused-ring (bicyclic) bond motifs is 1. The number of carbonyl (C=O) groups excluding carboxylic acids is 1. The van der Waals surface area contributed by atoms with Gasteiger partial charge in [-0.3, -0.25) is 14.7 Å². The zero-order chi connectivity index (χ0) is 28.0. The minimum atomic E-state index is -1.70. The number of benzene rings is 2. The molecule has 2 heterocycles. The van der Waals surface area contributed by atoms with E-state index in [2.05, 4.69) is 4.98 Å². The lowest BCUT2D eigenvalue weighted by Gasteiger charge is -2.40. The van der Waals surface area contributed by atoms with Crippen LogP contribution in [0, 0.1) is 22.6 Å². The van der Waals surface area contributed by atoms with Gasteiger partial charge in [0, 0.05) is 22.2 Å². The van der Waals surface area contributed by atoms with Crippen LogP contribution >= 0.6 is 11.6 Å². The van der Waals surface area contributed by atoms with E-state index < -0.39 is 28.5 Å². The Morgan fingerprint density at radius 2 is 1.95 bits per heavy atom. The molecule has 2 N–H and O–H groups in total. The van der Waals surface area contributed by atoms with E-state index in [1.54, 1.807) is 50.2 Å². The molecule has 1 saturated carbocycles. The van der Waals surface area contributed by atoms with E-state index in [0.29, 0.717) is 28.3 Å². The number of aliphatic hydroxyl groups is 2. The summed E-state index contributed by atoms with van der Waals surface area (Å²) >= 11 is 6.20. The number of nitriles is 1. The number of nitrogens with zero attached hydrogens (tertiary/aromatic N) is 3. The Labute approximate surface area is 231 Å². The van der Waals surface area contributed by atoms with Crippen molar-refractivity contribution >= 4 is 17.5 Å². The van der Waals surface area contributed by atoms with E-state index in [9.17, 15) is 20.3 Å². The SMILES string of the molecule is CCC(C)(O)c1cc(F)c2c(c1)C(=O)N(Cc1ccc(C#N)cn1)[C@@]2(OCC1(CO)CC1)c1ccc(Cl)cc1. The van der Waals surface area contributed by atoms with Gasteiger partial charge >= 0.3 is 0 Å². The third-order valence-electron chi connectivity index (χ3n) is 7.98. The Hall–Kier alpha value is -3.35. The lowest BCUT2D eigenvalue weighted by molar-refractivity contribution is -0.130. The van der Waals surface area contributed by atoms with Crippen molar-refractivity contribution in [2.75, 3.05) is 13.2 Å². The van der Waals surface area contributed by atoms with Crippen molar-refractivity contribution < 1.29 is 24.1 Å². The summed E-state index contributed by atoms with van der Waals surface area (Å²) in [6, 6.07) is 14.7. The van der Waals surface area contributed by atoms with E-state index in [1.807, 2.05) is 6.07 Å². The van der Waals surface area contributed by atoms with Crippen molar-refractivity contribution in [3.05, 3.63) is 99.1 Å². The third kappa shape index (κ3) is 4.70. The Morgan fingerprint density at radius 1 is 1.23 bits per heavy atom. The van der Waals surface area contributed by atoms with Gasteiger partial charge in [0.15, 0.2) is 5.72 Å². The standard InChI is InChI=1S/C30H29ClFN3O4/c1-3-28(2,38)21-12-24-26(25(32)13-21)30(20-5-7-22(31)8-6-20,39-18-29(17-36)10-11-29)35(27(24)37)16-23-9-4-19(14-33)15-34-23/h4-9,12-13,15,36,38H,3,10-11,16-18H2,1-2H3/t28?,30-/m1/s1. The van der Waals surface area contributed by atoms with Crippen molar-refractivity contribution in [1.82, 2.24) is 9.88 Å². The Balaban J connectivity index is 1.73. The number of aliphatic hydroxyl groups excluding tert-OH is 1. The predicted molar refractivity (Wildman–Crippen MR) is 142 cm³/mol. The Morgan fingerprint density at radius 3 is 2.51 bits per heavy atom. The molecule has 0 spiro atoms. The van der Waals surface area contributed by atoms with Crippen LogP contribution in [0.25, 0.3) is 0 Å². The first-order valence-corrected chi connectivity index (χ1v) is 13.2. The quantitative estimate of drug-likeness (QED) is 0.388. The van der Waals surface area contributed by atoms with Crippen molar-refractivity contribution in [2.24, 2.45) is 5.41 Å². The molecule has 0 bridgehead atoms. The zero-order valence-electron chi connectivity index (χ0n) is 21.7. The Kier molecular flexibility index (Phi) is 6.98. The molecule has 202 valence electrons. The van der Waals surface area contributed by atoms with Crippen molar-refractivity contribution in [3.8, 4) is 6.07 Å². The highest BCUT2D eigenvalue weighted by atomic mass is 35.5. The topological polar surface area (TPSA) is 107 Å². The summed E-state index contributed by atoms with van der Waals surface area (Å²) in [5.74, 6) is -1.18. The average Bonchev–Trinajstić information content (AvgIpc) is 3.69. The molecule has 2 aromatic carbocycles. The van der Waals surface area contributed by atoms with Gasteiger partial charge in [-0.1, -0.05) is 30.7 Å². The fourth-order valence-corrected chi connectivity index (χ4v) is 5.11. The lowest BCUT2D eigenvalue weighted by Crippen LogP contribution is -2.48. The molecule has 39 heavy (non-hydrogen) atoms. The highest BCUT2D eigenvalue weighted by Crippen LogP contribution is 2.52. The summed E-state index contributed by atoms with van der Waals surface area (Å²) in [4.78, 5) is 19.9. The summed E-state index contributed by atoms with van der Waals surface area (Å²) in [5, 5.41) is 30.6. The van der Waals surface area contributed by atoms with Gasteiger partial charge in [0.05, 0.1) is 47.7 Å². The van der Waals surface area contributed by atoms with Gasteiger partial charge in [-0.2, -0.15) is 5.26 Å². The highest BCUT2D eigenvalue weighted by molar-refractivity contribution is 6.30. The summed E-state index contributed by atoms with van der Waals surface area (Å²) in [5.41, 5.74) is -1.79. The van der Waals surface area contributed by atoms with Crippen LogP contribution in [-0.4, -0.2) is 39.2 Å². The molecule has 1 fully saturated rings. The van der Waals surface area contributed by atoms with Crippen molar-refractivity contribution in [1.29, 1.82) is 5.26 Å². The maximum absolute atomic E-state index is 16.3. The van der Waals surface area contributed by atoms with Crippen LogP contribution in [0.1, 0.15) is 71.4 Å². The lowest BCUT2D eigenvalue weighted by atomic mass is 9.87. The van der Waals surface area contributed by atoms with Crippen LogP contribution in [0.2, 0.25) is 5.02 Å². The van der Waals surface area contributed by atoms with Gasteiger partial charge in [0.1, 0.15) is 11.9 Å². The van der Waals surface area contributed by atoms with E-state index in [4.69, 9.17) is 16.3 Å². The predicted octanol–water partition coefficient (Wildman–Crippen LogP) is 5.01. The molecule has 0 radical (unpaired) electrons. The number of aromatic nitrogens is 1. The van der Waals surface area contributed by atoms with Gasteiger partial charge in [-0.05, 0) is 68.1 Å². The van der Waals surface area contributed by atoms with Gasteiger partial charge in [0.2, 0.25) is 0 Å². The molecule has 9 heteroatoms. The summed E-state index contributed by atoms with van der Waals surface area (Å²) in [6.07, 6.45) is 3.23. The van der Waals surface area contributed by atoms with Crippen LogP contribution in [0.5, 0.6) is 0 Å². The van der Waals surface area contributed by atoms with Crippen molar-refractivity contribution in [2.45, 2.75) is 51.0 Å². The van der Waals surface area contributed by atoms with Gasteiger partial charge in [-0.15, -0.1) is 0 Å². The van der Waals surface area contributed by atoms with Crippen LogP contribution < -0.4 is 0 Å².